The summed E-state index contributed by atoms with van der Waals surface area (Å²) in [4.78, 5) is 15.8. The molecule has 1 aromatic heterocycles. The zero-order valence-corrected chi connectivity index (χ0v) is 10.1. The van der Waals surface area contributed by atoms with Gasteiger partial charge in [0.05, 0.1) is 6.61 Å². The van der Waals surface area contributed by atoms with Crippen molar-refractivity contribution in [2.75, 3.05) is 18.6 Å². The minimum atomic E-state index is -0.170. The Bertz CT molecular complexity index is 370. The topological polar surface area (TPSA) is 89.3 Å². The van der Waals surface area contributed by atoms with Crippen LogP contribution in [0, 0.1) is 0 Å². The van der Waals surface area contributed by atoms with Crippen LogP contribution in [0.2, 0.25) is 0 Å². The lowest BCUT2D eigenvalue weighted by Gasteiger charge is -2.13. The standard InChI is InChI=1S/C11H18N4O2/c1-3-17-7-8(2)14-11(16)9-4-5-13-10(6-9)15-12/h4-6,8H,3,7,12H2,1-2H3,(H,13,15)(H,14,16). The predicted octanol–water partition coefficient (Wildman–Crippen LogP) is 0.522. The summed E-state index contributed by atoms with van der Waals surface area (Å²) in [6.45, 7) is 4.93. The molecule has 0 fully saturated rings. The molecule has 1 unspecified atom stereocenters. The Kier molecular flexibility index (Phi) is 5.38. The van der Waals surface area contributed by atoms with Gasteiger partial charge in [0, 0.05) is 24.4 Å². The van der Waals surface area contributed by atoms with Crippen molar-refractivity contribution in [3.8, 4) is 0 Å². The van der Waals surface area contributed by atoms with E-state index in [1.807, 2.05) is 13.8 Å². The molecule has 1 heterocycles. The Balaban J connectivity index is 2.56. The maximum atomic E-state index is 11.8. The highest BCUT2D eigenvalue weighted by molar-refractivity contribution is 5.94. The van der Waals surface area contributed by atoms with Gasteiger partial charge in [0.2, 0.25) is 0 Å². The van der Waals surface area contributed by atoms with Crippen LogP contribution in [0.3, 0.4) is 0 Å². The van der Waals surface area contributed by atoms with E-state index in [-0.39, 0.29) is 11.9 Å². The van der Waals surface area contributed by atoms with Crippen molar-refractivity contribution in [1.82, 2.24) is 10.3 Å². The summed E-state index contributed by atoms with van der Waals surface area (Å²) in [6.07, 6.45) is 1.53. The minimum absolute atomic E-state index is 0.0371. The van der Waals surface area contributed by atoms with Crippen molar-refractivity contribution < 1.29 is 9.53 Å². The van der Waals surface area contributed by atoms with Gasteiger partial charge in [-0.25, -0.2) is 10.8 Å². The van der Waals surface area contributed by atoms with E-state index >= 15 is 0 Å². The van der Waals surface area contributed by atoms with Gasteiger partial charge in [-0.3, -0.25) is 4.79 Å². The van der Waals surface area contributed by atoms with Crippen LogP contribution in [-0.4, -0.2) is 30.1 Å². The number of pyridine rings is 1. The first-order chi connectivity index (χ1) is 8.17. The highest BCUT2D eigenvalue weighted by Crippen LogP contribution is 2.05. The summed E-state index contributed by atoms with van der Waals surface area (Å²) in [5.74, 6) is 5.51. The molecule has 1 amide bonds. The average Bonchev–Trinajstić information content (AvgIpc) is 2.36. The lowest BCUT2D eigenvalue weighted by Crippen LogP contribution is -2.36. The Morgan fingerprint density at radius 1 is 1.65 bits per heavy atom. The van der Waals surface area contributed by atoms with Crippen molar-refractivity contribution in [2.24, 2.45) is 5.84 Å². The number of rotatable bonds is 6. The van der Waals surface area contributed by atoms with Gasteiger partial charge >= 0.3 is 0 Å². The normalized spacial score (nSPS) is 11.9. The second kappa shape index (κ2) is 6.82. The molecule has 0 aliphatic heterocycles. The third kappa shape index (κ3) is 4.38. The van der Waals surface area contributed by atoms with Crippen molar-refractivity contribution in [3.63, 3.8) is 0 Å². The zero-order valence-electron chi connectivity index (χ0n) is 10.1. The van der Waals surface area contributed by atoms with E-state index in [2.05, 4.69) is 15.7 Å². The Morgan fingerprint density at radius 2 is 2.41 bits per heavy atom. The molecule has 0 aliphatic carbocycles. The van der Waals surface area contributed by atoms with Crippen LogP contribution < -0.4 is 16.6 Å². The maximum absolute atomic E-state index is 11.8. The van der Waals surface area contributed by atoms with E-state index in [4.69, 9.17) is 10.6 Å². The molecule has 1 atom stereocenters. The number of hydrogen-bond acceptors (Lipinski definition) is 5. The monoisotopic (exact) mass is 238 g/mol. The van der Waals surface area contributed by atoms with E-state index in [0.717, 1.165) is 0 Å². The third-order valence-corrected chi connectivity index (χ3v) is 2.12. The molecular weight excluding hydrogens is 220 g/mol. The second-order valence-corrected chi connectivity index (χ2v) is 3.61. The SMILES string of the molecule is CCOCC(C)NC(=O)c1ccnc(NN)c1. The number of anilines is 1. The lowest BCUT2D eigenvalue weighted by molar-refractivity contribution is 0.0872. The molecule has 4 N–H and O–H groups in total. The van der Waals surface area contributed by atoms with Crippen molar-refractivity contribution >= 4 is 11.7 Å². The summed E-state index contributed by atoms with van der Waals surface area (Å²) >= 11 is 0. The fourth-order valence-electron chi connectivity index (χ4n) is 1.29. The van der Waals surface area contributed by atoms with Crippen LogP contribution in [0.5, 0.6) is 0 Å². The number of ether oxygens (including phenoxy) is 1. The van der Waals surface area contributed by atoms with Crippen LogP contribution in [0.25, 0.3) is 0 Å². The van der Waals surface area contributed by atoms with Crippen LogP contribution >= 0.6 is 0 Å². The molecule has 0 radical (unpaired) electrons. The van der Waals surface area contributed by atoms with Gasteiger partial charge in [-0.1, -0.05) is 0 Å². The highest BCUT2D eigenvalue weighted by Gasteiger charge is 2.10. The molecule has 0 aliphatic rings. The van der Waals surface area contributed by atoms with Gasteiger partial charge in [-0.05, 0) is 26.0 Å². The Labute approximate surface area is 101 Å². The molecule has 0 bridgehead atoms. The molecule has 94 valence electrons. The number of nitrogen functional groups attached to an aromatic ring is 1. The first-order valence-corrected chi connectivity index (χ1v) is 5.48. The summed E-state index contributed by atoms with van der Waals surface area (Å²) in [5, 5.41) is 2.82. The number of carbonyl (C=O) groups excluding carboxylic acids is 1. The minimum Gasteiger partial charge on any atom is -0.380 e. The van der Waals surface area contributed by atoms with Gasteiger partial charge in [0.1, 0.15) is 5.82 Å². The van der Waals surface area contributed by atoms with E-state index in [1.54, 1.807) is 12.1 Å². The second-order valence-electron chi connectivity index (χ2n) is 3.61. The number of amides is 1. The highest BCUT2D eigenvalue weighted by atomic mass is 16.5. The lowest BCUT2D eigenvalue weighted by atomic mass is 10.2. The average molecular weight is 238 g/mol. The molecule has 1 aromatic rings. The number of nitrogens with two attached hydrogens (primary N) is 1. The third-order valence-electron chi connectivity index (χ3n) is 2.12. The smallest absolute Gasteiger partial charge is 0.251 e. The van der Waals surface area contributed by atoms with E-state index in [9.17, 15) is 4.79 Å². The van der Waals surface area contributed by atoms with E-state index in [0.29, 0.717) is 24.6 Å². The maximum Gasteiger partial charge on any atom is 0.251 e. The van der Waals surface area contributed by atoms with Gasteiger partial charge in [0.25, 0.3) is 5.91 Å². The van der Waals surface area contributed by atoms with Gasteiger partial charge in [-0.2, -0.15) is 0 Å². The quantitative estimate of drug-likeness (QED) is 0.496. The van der Waals surface area contributed by atoms with Gasteiger partial charge in [-0.15, -0.1) is 0 Å². The Morgan fingerprint density at radius 3 is 3.06 bits per heavy atom. The number of nitrogens with zero attached hydrogens (tertiary/aromatic N) is 1. The largest absolute Gasteiger partial charge is 0.380 e. The van der Waals surface area contributed by atoms with E-state index in [1.165, 1.54) is 6.20 Å². The van der Waals surface area contributed by atoms with Gasteiger partial charge < -0.3 is 15.5 Å². The summed E-state index contributed by atoms with van der Waals surface area (Å²) in [6, 6.07) is 3.18. The number of hydrazine groups is 1. The number of hydrogen-bond donors (Lipinski definition) is 3. The van der Waals surface area contributed by atoms with Crippen molar-refractivity contribution in [2.45, 2.75) is 19.9 Å². The van der Waals surface area contributed by atoms with E-state index < -0.39 is 0 Å². The number of aromatic nitrogens is 1. The van der Waals surface area contributed by atoms with Crippen molar-refractivity contribution in [1.29, 1.82) is 0 Å². The fourth-order valence-corrected chi connectivity index (χ4v) is 1.29. The first-order valence-electron chi connectivity index (χ1n) is 5.48. The van der Waals surface area contributed by atoms with Crippen LogP contribution in [0.15, 0.2) is 18.3 Å². The van der Waals surface area contributed by atoms with Crippen molar-refractivity contribution in [3.05, 3.63) is 23.9 Å². The molecule has 0 spiro atoms. The molecule has 0 saturated heterocycles. The summed E-state index contributed by atoms with van der Waals surface area (Å²) in [5.41, 5.74) is 2.90. The number of nitrogens with one attached hydrogen (secondary N) is 2. The predicted molar refractivity (Wildman–Crippen MR) is 65.5 cm³/mol. The summed E-state index contributed by atoms with van der Waals surface area (Å²) < 4.78 is 5.22. The fraction of sp³-hybridized carbons (Fsp3) is 0.455. The van der Waals surface area contributed by atoms with Crippen LogP contribution in [-0.2, 0) is 4.74 Å². The Hall–Kier alpha value is -1.66. The first kappa shape index (κ1) is 13.4. The molecule has 6 nitrogen and oxygen atoms in total. The summed E-state index contributed by atoms with van der Waals surface area (Å²) in [7, 11) is 0. The molecule has 1 rings (SSSR count). The molecule has 0 aromatic carbocycles. The van der Waals surface area contributed by atoms with Gasteiger partial charge in [0.15, 0.2) is 0 Å². The molecular formula is C11H18N4O2. The molecule has 6 heteroatoms. The zero-order chi connectivity index (χ0) is 12.7. The number of carbonyl (C=O) groups is 1. The molecule has 0 saturated carbocycles. The van der Waals surface area contributed by atoms with Crippen LogP contribution in [0.1, 0.15) is 24.2 Å². The van der Waals surface area contributed by atoms with Crippen LogP contribution in [0.4, 0.5) is 5.82 Å². The molecule has 17 heavy (non-hydrogen) atoms.